The molecule has 0 aliphatic carbocycles. The van der Waals surface area contributed by atoms with E-state index in [0.29, 0.717) is 18.6 Å². The lowest BCUT2D eigenvalue weighted by molar-refractivity contribution is 0.234. The van der Waals surface area contributed by atoms with Gasteiger partial charge in [-0.3, -0.25) is 0 Å². The van der Waals surface area contributed by atoms with Gasteiger partial charge in [-0.15, -0.1) is 5.11 Å². The number of unbranched alkanes of at least 4 members (excludes halogenated alkanes) is 3. The summed E-state index contributed by atoms with van der Waals surface area (Å²) < 4.78 is 6.74. The van der Waals surface area contributed by atoms with Gasteiger partial charge in [-0.05, 0) is 117 Å². The highest BCUT2D eigenvalue weighted by Gasteiger charge is 2.26. The molecule has 3 aromatic rings. The summed E-state index contributed by atoms with van der Waals surface area (Å²) in [5, 5.41) is 9.87. The first-order valence-corrected chi connectivity index (χ1v) is 21.7. The summed E-state index contributed by atoms with van der Waals surface area (Å²) in [5.74, 6) is 2.80. The van der Waals surface area contributed by atoms with Gasteiger partial charge in [-0.1, -0.05) is 118 Å². The molecule has 0 saturated carbocycles. The lowest BCUT2D eigenvalue weighted by Crippen LogP contribution is -2.34. The van der Waals surface area contributed by atoms with Gasteiger partial charge in [-0.25, -0.2) is 0 Å². The van der Waals surface area contributed by atoms with Gasteiger partial charge in [0.25, 0.3) is 0 Å². The van der Waals surface area contributed by atoms with Crippen molar-refractivity contribution in [2.24, 2.45) is 28.0 Å². The second-order valence-electron chi connectivity index (χ2n) is 16.0. The molecular formula is C48H74N4O. The highest BCUT2D eigenvalue weighted by atomic mass is 16.5. The third-order valence-electron chi connectivity index (χ3n) is 11.9. The summed E-state index contributed by atoms with van der Waals surface area (Å²) in [6.45, 7) is 23.6. The van der Waals surface area contributed by atoms with Gasteiger partial charge in [0.05, 0.1) is 12.3 Å². The molecule has 4 unspecified atom stereocenters. The van der Waals surface area contributed by atoms with Crippen LogP contribution in [0.25, 0.3) is 0 Å². The molecule has 5 rings (SSSR count). The summed E-state index contributed by atoms with van der Waals surface area (Å²) in [5.41, 5.74) is 9.26. The Morgan fingerprint density at radius 3 is 1.81 bits per heavy atom. The SMILES string of the molecule is CCCCC(CC)COc1cc(N2c3ccc(cc3)CC2CC)c(C)cc1/N=N/c1ccc(N(CC(CC)CCCC)CC(CC)CCCC)cc1C. The van der Waals surface area contributed by atoms with E-state index < -0.39 is 0 Å². The predicted octanol–water partition coefficient (Wildman–Crippen LogP) is 15.0. The molecular weight excluding hydrogens is 649 g/mol. The number of ether oxygens (including phenoxy) is 1. The fourth-order valence-electron chi connectivity index (χ4n) is 8.05. The fraction of sp³-hybridized carbons (Fsp3) is 0.625. The highest BCUT2D eigenvalue weighted by molar-refractivity contribution is 5.74. The molecule has 4 atom stereocenters. The Morgan fingerprint density at radius 1 is 0.679 bits per heavy atom. The van der Waals surface area contributed by atoms with E-state index in [4.69, 9.17) is 15.0 Å². The Hall–Kier alpha value is -3.34. The summed E-state index contributed by atoms with van der Waals surface area (Å²) in [7, 11) is 0. The largest absolute Gasteiger partial charge is 0.491 e. The molecule has 0 fully saturated rings. The molecule has 0 aromatic heterocycles. The minimum absolute atomic E-state index is 0.399. The van der Waals surface area contributed by atoms with Crippen molar-refractivity contribution in [2.75, 3.05) is 29.5 Å². The third-order valence-corrected chi connectivity index (χ3v) is 11.9. The van der Waals surface area contributed by atoms with Crippen LogP contribution in [0, 0.1) is 31.6 Å². The van der Waals surface area contributed by atoms with Crippen LogP contribution in [0.4, 0.5) is 28.4 Å². The zero-order chi connectivity index (χ0) is 38.2. The normalized spacial score (nSPS) is 15.9. The van der Waals surface area contributed by atoms with Gasteiger partial charge in [-0.2, -0.15) is 5.11 Å². The van der Waals surface area contributed by atoms with E-state index in [-0.39, 0.29) is 0 Å². The summed E-state index contributed by atoms with van der Waals surface area (Å²) >= 11 is 0. The van der Waals surface area contributed by atoms with Crippen molar-refractivity contribution in [1.82, 2.24) is 0 Å². The zero-order valence-electron chi connectivity index (χ0n) is 35.2. The van der Waals surface area contributed by atoms with E-state index in [1.165, 1.54) is 104 Å². The van der Waals surface area contributed by atoms with E-state index >= 15 is 0 Å². The zero-order valence-corrected chi connectivity index (χ0v) is 35.2. The first-order chi connectivity index (χ1) is 25.8. The number of hydrogen-bond acceptors (Lipinski definition) is 5. The molecule has 0 spiro atoms. The molecule has 5 nitrogen and oxygen atoms in total. The Kier molecular flexibility index (Phi) is 17.7. The van der Waals surface area contributed by atoms with E-state index in [0.717, 1.165) is 61.3 Å². The monoisotopic (exact) mass is 723 g/mol. The number of aryl methyl sites for hydroxylation is 2. The molecule has 2 aliphatic rings. The molecule has 3 aromatic carbocycles. The van der Waals surface area contributed by atoms with Crippen LogP contribution in [0.3, 0.4) is 0 Å². The quantitative estimate of drug-likeness (QED) is 0.0864. The summed E-state index contributed by atoms with van der Waals surface area (Å²) in [4.78, 5) is 5.22. The van der Waals surface area contributed by atoms with Gasteiger partial charge < -0.3 is 14.5 Å². The number of benzene rings is 3. The maximum atomic E-state index is 6.74. The Bertz CT molecular complexity index is 1510. The first kappa shape index (κ1) is 42.4. The molecule has 53 heavy (non-hydrogen) atoms. The van der Waals surface area contributed by atoms with Crippen LogP contribution >= 0.6 is 0 Å². The average Bonchev–Trinajstić information content (AvgIpc) is 3.46. The third kappa shape index (κ3) is 12.1. The van der Waals surface area contributed by atoms with Gasteiger partial charge in [0.2, 0.25) is 0 Å². The fourth-order valence-corrected chi connectivity index (χ4v) is 8.05. The van der Waals surface area contributed by atoms with Crippen molar-refractivity contribution in [3.05, 3.63) is 71.3 Å². The van der Waals surface area contributed by atoms with Crippen LogP contribution in [-0.4, -0.2) is 25.7 Å². The van der Waals surface area contributed by atoms with Crippen molar-refractivity contribution in [3.8, 4) is 5.75 Å². The van der Waals surface area contributed by atoms with Crippen molar-refractivity contribution in [2.45, 2.75) is 158 Å². The lowest BCUT2D eigenvalue weighted by Gasteiger charge is -2.33. The van der Waals surface area contributed by atoms with E-state index in [1.807, 2.05) is 0 Å². The van der Waals surface area contributed by atoms with Crippen LogP contribution in [0.2, 0.25) is 0 Å². The van der Waals surface area contributed by atoms with Gasteiger partial charge in [0.1, 0.15) is 11.4 Å². The van der Waals surface area contributed by atoms with Crippen LogP contribution < -0.4 is 14.5 Å². The Morgan fingerprint density at radius 2 is 1.26 bits per heavy atom. The molecule has 5 heteroatoms. The molecule has 0 amide bonds. The molecule has 0 saturated heterocycles. The molecule has 2 bridgehead atoms. The van der Waals surface area contributed by atoms with Crippen LogP contribution in [0.1, 0.15) is 149 Å². The van der Waals surface area contributed by atoms with E-state index in [9.17, 15) is 0 Å². The van der Waals surface area contributed by atoms with Gasteiger partial charge >= 0.3 is 0 Å². The van der Waals surface area contributed by atoms with E-state index in [2.05, 4.69) is 127 Å². The second kappa shape index (κ2) is 22.1. The lowest BCUT2D eigenvalue weighted by atomic mass is 9.95. The number of azo groups is 1. The van der Waals surface area contributed by atoms with Crippen LogP contribution in [0.15, 0.2) is 64.8 Å². The molecule has 2 aliphatic heterocycles. The standard InChI is InChI=1S/C48H74N4O/c1-10-17-20-38(13-4)33-51(34-39(14-5)21-18-11-2)44-27-28-45(36(8)29-44)49-50-46-30-37(9)47(32-48(46)53-35-40(15-6)22-19-12-3)52-42(16-7)31-41-23-25-43(52)26-24-41/h23-30,32,38-40,42H,10-22,31,33-35H2,1-9H3/b50-49+. The molecule has 0 N–H and O–H groups in total. The number of fused-ring (bicyclic) bond motifs is 4. The average molecular weight is 723 g/mol. The van der Waals surface area contributed by atoms with Crippen LogP contribution in [-0.2, 0) is 6.42 Å². The van der Waals surface area contributed by atoms with Gasteiger partial charge in [0, 0.05) is 42.3 Å². The number of hydrogen-bond donors (Lipinski definition) is 0. The predicted molar refractivity (Wildman–Crippen MR) is 231 cm³/mol. The Balaban J connectivity index is 1.67. The number of rotatable bonds is 24. The maximum absolute atomic E-state index is 6.74. The van der Waals surface area contributed by atoms with Gasteiger partial charge in [0.15, 0.2) is 0 Å². The minimum Gasteiger partial charge on any atom is -0.491 e. The van der Waals surface area contributed by atoms with Crippen molar-refractivity contribution in [1.29, 1.82) is 0 Å². The van der Waals surface area contributed by atoms with Crippen molar-refractivity contribution >= 4 is 28.4 Å². The number of nitrogens with zero attached hydrogens (tertiary/aromatic N) is 4. The van der Waals surface area contributed by atoms with Crippen molar-refractivity contribution in [3.63, 3.8) is 0 Å². The first-order valence-electron chi connectivity index (χ1n) is 21.7. The number of anilines is 3. The maximum Gasteiger partial charge on any atom is 0.148 e. The van der Waals surface area contributed by atoms with Crippen molar-refractivity contribution < 1.29 is 4.74 Å². The Labute approximate surface area is 325 Å². The highest BCUT2D eigenvalue weighted by Crippen LogP contribution is 2.42. The minimum atomic E-state index is 0.399. The molecule has 0 radical (unpaired) electrons. The van der Waals surface area contributed by atoms with E-state index in [1.54, 1.807) is 0 Å². The molecule has 292 valence electrons. The topological polar surface area (TPSA) is 40.4 Å². The van der Waals surface area contributed by atoms with Crippen LogP contribution in [0.5, 0.6) is 5.75 Å². The summed E-state index contributed by atoms with van der Waals surface area (Å²) in [6.07, 6.45) is 17.1. The second-order valence-corrected chi connectivity index (χ2v) is 16.0. The molecule has 2 heterocycles. The summed E-state index contributed by atoms with van der Waals surface area (Å²) in [6, 6.07) is 20.8. The smallest absolute Gasteiger partial charge is 0.148 e.